The van der Waals surface area contributed by atoms with Crippen LogP contribution >= 0.6 is 11.6 Å². The van der Waals surface area contributed by atoms with Gasteiger partial charge < -0.3 is 0 Å². The molecule has 0 aliphatic rings. The Kier molecular flexibility index (Phi) is 7.22. The Bertz CT molecular complexity index is 1440. The van der Waals surface area contributed by atoms with Crippen LogP contribution in [0.5, 0.6) is 0 Å². The number of nitrogens with zero attached hydrogens (tertiary/aromatic N) is 3. The van der Waals surface area contributed by atoms with E-state index in [1.165, 1.54) is 12.1 Å². The van der Waals surface area contributed by atoms with Crippen LogP contribution in [0.15, 0.2) is 18.2 Å². The highest BCUT2D eigenvalue weighted by Crippen LogP contribution is 2.26. The summed E-state index contributed by atoms with van der Waals surface area (Å²) < 4.78 is 14.8. The maximum Gasteiger partial charge on any atom is 0.167 e. The quantitative estimate of drug-likeness (QED) is 0.286. The highest BCUT2D eigenvalue weighted by molar-refractivity contribution is 6.69. The molecule has 3 aromatic carbocycles. The van der Waals surface area contributed by atoms with Crippen molar-refractivity contribution in [3.63, 3.8) is 0 Å². The van der Waals surface area contributed by atoms with Gasteiger partial charge in [-0.15, -0.1) is 32.8 Å². The zero-order valence-corrected chi connectivity index (χ0v) is 19.4. The molecule has 0 spiro atoms. The molecule has 0 bridgehead atoms. The number of hydrogen-bond acceptors (Lipinski definition) is 3. The van der Waals surface area contributed by atoms with Gasteiger partial charge in [-0.05, 0) is 18.2 Å². The van der Waals surface area contributed by atoms with Gasteiger partial charge in [-0.1, -0.05) is 33.5 Å². The number of aromatic nitrogens is 3. The van der Waals surface area contributed by atoms with E-state index in [2.05, 4.69) is 15.0 Å². The largest absolute Gasteiger partial charge is 0.208 e. The highest BCUT2D eigenvalue weighted by atomic mass is 35.5. The molecule has 0 saturated heterocycles. The molecule has 0 amide bonds. The summed E-state index contributed by atoms with van der Waals surface area (Å²) in [5.74, 6) is -1.14. The van der Waals surface area contributed by atoms with Crippen molar-refractivity contribution >= 4 is 145 Å². The van der Waals surface area contributed by atoms with Crippen LogP contribution in [0.1, 0.15) is 0 Å². The summed E-state index contributed by atoms with van der Waals surface area (Å²) in [7, 11) is 60.7. The van der Waals surface area contributed by atoms with Crippen LogP contribution in [0.3, 0.4) is 0 Å². The molecule has 1 aromatic heterocycles. The first-order valence-electron chi connectivity index (χ1n) is 10.1. The monoisotopic (exact) mass is 461 g/mol. The van der Waals surface area contributed by atoms with E-state index in [1.807, 2.05) is 0 Å². The summed E-state index contributed by atoms with van der Waals surface area (Å²) in [6, 6.07) is 3.82. The molecule has 4 aromatic rings. The van der Waals surface area contributed by atoms with Gasteiger partial charge in [0.05, 0.1) is 5.56 Å². The molecule has 4 rings (SSSR count). The Balaban J connectivity index is 2.16. The van der Waals surface area contributed by atoms with Crippen LogP contribution in [0.2, 0.25) is 5.02 Å². The fourth-order valence-corrected chi connectivity index (χ4v) is 3.74. The van der Waals surface area contributed by atoms with Crippen molar-refractivity contribution in [1.82, 2.24) is 15.0 Å². The molecule has 36 heavy (non-hydrogen) atoms. The fourth-order valence-electron chi connectivity index (χ4n) is 3.57. The van der Waals surface area contributed by atoms with Crippen LogP contribution in [-0.2, 0) is 0 Å². The van der Waals surface area contributed by atoms with Crippen molar-refractivity contribution in [2.45, 2.75) is 0 Å². The second-order valence-electron chi connectivity index (χ2n) is 7.82. The predicted octanol–water partition coefficient (Wildman–Crippen LogP) is -6.40. The molecule has 0 atom stereocenters. The van der Waals surface area contributed by atoms with Gasteiger partial charge in [0.2, 0.25) is 0 Å². The summed E-state index contributed by atoms with van der Waals surface area (Å²) >= 11 is 6.09. The van der Waals surface area contributed by atoms with Crippen LogP contribution < -0.4 is 54.6 Å². The van der Waals surface area contributed by atoms with Gasteiger partial charge in [0.1, 0.15) is 84.3 Å². The molecule has 0 N–H and O–H groups in total. The second-order valence-corrected chi connectivity index (χ2v) is 8.25. The van der Waals surface area contributed by atoms with Crippen LogP contribution in [0.4, 0.5) is 4.39 Å². The lowest BCUT2D eigenvalue weighted by molar-refractivity contribution is 0.630. The summed E-state index contributed by atoms with van der Waals surface area (Å²) in [6.07, 6.45) is 0. The van der Waals surface area contributed by atoms with Gasteiger partial charge in [0.25, 0.3) is 0 Å². The first-order chi connectivity index (χ1) is 16.8. The number of rotatable bonds is 3. The highest BCUT2D eigenvalue weighted by Gasteiger charge is 2.21. The molecular formula is C21H3B10ClFN3. The lowest BCUT2D eigenvalue weighted by Crippen LogP contribution is -2.55. The maximum atomic E-state index is 14.8. The number of hydrogen-bond donors (Lipinski definition) is 0. The summed E-state index contributed by atoms with van der Waals surface area (Å²) in [5, 5.41) is 0.218. The third-order valence-corrected chi connectivity index (χ3v) is 5.89. The van der Waals surface area contributed by atoms with Crippen molar-refractivity contribution < 1.29 is 4.39 Å². The number of halogens is 2. The molecule has 15 heteroatoms. The standard InChI is InChI=1S/C21H3B10ClFN3/c22-9-7(10(23)14(27)17(30)13(9)26)20-34-19(5-3-4(32)1-2-6(5)33)35-21(36-20)8-11(24)15(28)18(31)16(29)12(8)25/h1-3H. The Labute approximate surface area is 226 Å². The Morgan fingerprint density at radius 3 is 1.22 bits per heavy atom. The minimum absolute atomic E-state index is 0.0169. The molecule has 0 saturated carbocycles. The molecular weight excluding hydrogens is 457 g/mol. The number of benzene rings is 3. The lowest BCUT2D eigenvalue weighted by Gasteiger charge is -2.22. The van der Waals surface area contributed by atoms with Gasteiger partial charge in [0, 0.05) is 16.1 Å². The normalized spacial score (nSPS) is 11.1. The average Bonchev–Trinajstić information content (AvgIpc) is 2.85. The van der Waals surface area contributed by atoms with Crippen molar-refractivity contribution in [1.29, 1.82) is 0 Å². The maximum absolute atomic E-state index is 14.8. The van der Waals surface area contributed by atoms with E-state index < -0.39 is 5.82 Å². The Morgan fingerprint density at radius 2 is 0.833 bits per heavy atom. The van der Waals surface area contributed by atoms with Gasteiger partial charge in [-0.2, -0.15) is 0 Å². The van der Waals surface area contributed by atoms with Gasteiger partial charge >= 0.3 is 0 Å². The van der Waals surface area contributed by atoms with E-state index in [-0.39, 0.29) is 93.8 Å². The van der Waals surface area contributed by atoms with Crippen LogP contribution in [-0.4, -0.2) is 93.4 Å². The fraction of sp³-hybridized carbons (Fsp3) is 0. The van der Waals surface area contributed by atoms with E-state index in [0.717, 1.165) is 6.07 Å². The topological polar surface area (TPSA) is 38.7 Å². The van der Waals surface area contributed by atoms with E-state index in [4.69, 9.17) is 90.1 Å². The summed E-state index contributed by atoms with van der Waals surface area (Å²) in [6.45, 7) is 0. The third kappa shape index (κ3) is 4.32. The van der Waals surface area contributed by atoms with Crippen molar-refractivity contribution in [3.05, 3.63) is 29.0 Å². The molecule has 20 radical (unpaired) electrons. The van der Waals surface area contributed by atoms with Crippen LogP contribution in [0, 0.1) is 5.82 Å². The molecule has 0 aliphatic carbocycles. The molecule has 0 fully saturated rings. The van der Waals surface area contributed by atoms with Gasteiger partial charge in [0.15, 0.2) is 17.5 Å². The third-order valence-electron chi connectivity index (χ3n) is 5.65. The lowest BCUT2D eigenvalue weighted by atomic mass is 9.60. The molecule has 1 heterocycles. The average molecular weight is 460 g/mol. The van der Waals surface area contributed by atoms with Gasteiger partial charge in [-0.3, -0.25) is 0 Å². The zero-order chi connectivity index (χ0) is 26.6. The minimum Gasteiger partial charge on any atom is -0.208 e. The minimum atomic E-state index is -0.683. The summed E-state index contributed by atoms with van der Waals surface area (Å²) in [5.41, 5.74) is -0.496. The van der Waals surface area contributed by atoms with Crippen molar-refractivity contribution in [3.8, 4) is 34.2 Å². The predicted molar refractivity (Wildman–Crippen MR) is 155 cm³/mol. The van der Waals surface area contributed by atoms with Crippen molar-refractivity contribution in [2.75, 3.05) is 0 Å². The molecule has 0 aliphatic heterocycles. The second kappa shape index (κ2) is 9.78. The smallest absolute Gasteiger partial charge is 0.167 e. The van der Waals surface area contributed by atoms with Crippen LogP contribution in [0.25, 0.3) is 34.2 Å². The molecule has 0 unspecified atom stereocenters. The summed E-state index contributed by atoms with van der Waals surface area (Å²) in [4.78, 5) is 13.1. The van der Waals surface area contributed by atoms with Gasteiger partial charge in [-0.25, -0.2) is 19.3 Å². The van der Waals surface area contributed by atoms with E-state index >= 15 is 0 Å². The zero-order valence-electron chi connectivity index (χ0n) is 18.6. The SMILES string of the molecule is [B]c1c([B])c([B])c(-c2nc(-c3cc(Cl)ccc3F)nc(-c3c([B])c([B])c([B])c([B])c3[B])n2)c([B])c1[B]. The van der Waals surface area contributed by atoms with E-state index in [0.29, 0.717) is 0 Å². The molecule has 3 nitrogen and oxygen atoms in total. The van der Waals surface area contributed by atoms with E-state index in [9.17, 15) is 4.39 Å². The van der Waals surface area contributed by atoms with Crippen molar-refractivity contribution in [2.24, 2.45) is 0 Å². The Hall–Kier alpha value is -2.46. The first-order valence-corrected chi connectivity index (χ1v) is 10.5. The first kappa shape index (κ1) is 26.6. The Morgan fingerprint density at radius 1 is 0.500 bits per heavy atom. The molecule has 146 valence electrons. The van der Waals surface area contributed by atoms with E-state index in [1.54, 1.807) is 0 Å².